The van der Waals surface area contributed by atoms with Crippen molar-refractivity contribution in [2.45, 2.75) is 6.92 Å². The molecule has 1 N–H and O–H groups in total. The van der Waals surface area contributed by atoms with Crippen molar-refractivity contribution in [3.63, 3.8) is 0 Å². The SMILES string of the molecule is Cc1cc(Cl)c(C(=O)Nc2c(F)cccc2F)cn1. The van der Waals surface area contributed by atoms with Crippen molar-refractivity contribution in [1.82, 2.24) is 4.98 Å². The summed E-state index contributed by atoms with van der Waals surface area (Å²) in [5.74, 6) is -2.43. The highest BCUT2D eigenvalue weighted by molar-refractivity contribution is 6.34. The third-order valence-electron chi connectivity index (χ3n) is 2.44. The molecule has 0 saturated carbocycles. The van der Waals surface area contributed by atoms with Crippen molar-refractivity contribution in [1.29, 1.82) is 0 Å². The Balaban J connectivity index is 2.31. The molecule has 0 aliphatic carbocycles. The number of aryl methyl sites for hydroxylation is 1. The number of hydrogen-bond donors (Lipinski definition) is 1. The zero-order valence-corrected chi connectivity index (χ0v) is 10.6. The Morgan fingerprint density at radius 3 is 2.53 bits per heavy atom. The summed E-state index contributed by atoms with van der Waals surface area (Å²) in [5, 5.41) is 2.31. The Kier molecular flexibility index (Phi) is 3.76. The molecular formula is C13H9ClF2N2O. The van der Waals surface area contributed by atoms with E-state index in [2.05, 4.69) is 10.3 Å². The van der Waals surface area contributed by atoms with Crippen LogP contribution in [0.5, 0.6) is 0 Å². The number of carbonyl (C=O) groups excluding carboxylic acids is 1. The number of nitrogens with zero attached hydrogens (tertiary/aromatic N) is 1. The van der Waals surface area contributed by atoms with Crippen LogP contribution < -0.4 is 5.32 Å². The standard InChI is InChI=1S/C13H9ClF2N2O/c1-7-5-9(14)8(6-17-7)13(19)18-12-10(15)3-2-4-11(12)16/h2-6H,1H3,(H,18,19). The molecule has 2 aromatic rings. The van der Waals surface area contributed by atoms with Gasteiger partial charge in [-0.25, -0.2) is 8.78 Å². The van der Waals surface area contributed by atoms with Crippen molar-refractivity contribution in [3.05, 3.63) is 58.4 Å². The van der Waals surface area contributed by atoms with Crippen LogP contribution in [0.1, 0.15) is 16.1 Å². The number of carbonyl (C=O) groups is 1. The highest BCUT2D eigenvalue weighted by Crippen LogP contribution is 2.21. The molecule has 19 heavy (non-hydrogen) atoms. The molecule has 98 valence electrons. The number of pyridine rings is 1. The van der Waals surface area contributed by atoms with Gasteiger partial charge in [0.15, 0.2) is 0 Å². The summed E-state index contributed by atoms with van der Waals surface area (Å²) in [7, 11) is 0. The van der Waals surface area contributed by atoms with Crippen LogP contribution in [0.2, 0.25) is 5.02 Å². The molecule has 0 atom stereocenters. The maximum atomic E-state index is 13.4. The lowest BCUT2D eigenvalue weighted by atomic mass is 10.2. The smallest absolute Gasteiger partial charge is 0.258 e. The quantitative estimate of drug-likeness (QED) is 0.915. The van der Waals surface area contributed by atoms with Crippen LogP contribution in [0.3, 0.4) is 0 Å². The second-order valence-electron chi connectivity index (χ2n) is 3.86. The van der Waals surface area contributed by atoms with Crippen LogP contribution in [-0.2, 0) is 0 Å². The Hall–Kier alpha value is -2.01. The van der Waals surface area contributed by atoms with Crippen LogP contribution in [0.15, 0.2) is 30.5 Å². The molecule has 2 rings (SSSR count). The van der Waals surface area contributed by atoms with Gasteiger partial charge in [-0.15, -0.1) is 0 Å². The van der Waals surface area contributed by atoms with E-state index in [1.54, 1.807) is 6.92 Å². The van der Waals surface area contributed by atoms with E-state index in [0.29, 0.717) is 5.69 Å². The summed E-state index contributed by atoms with van der Waals surface area (Å²) >= 11 is 5.88. The van der Waals surface area contributed by atoms with E-state index in [0.717, 1.165) is 12.1 Å². The maximum absolute atomic E-state index is 13.4. The highest BCUT2D eigenvalue weighted by atomic mass is 35.5. The van der Waals surface area contributed by atoms with Gasteiger partial charge in [-0.05, 0) is 25.1 Å². The average Bonchev–Trinajstić information content (AvgIpc) is 2.33. The fourth-order valence-electron chi connectivity index (χ4n) is 1.49. The Morgan fingerprint density at radius 2 is 1.95 bits per heavy atom. The van der Waals surface area contributed by atoms with Gasteiger partial charge < -0.3 is 5.32 Å². The lowest BCUT2D eigenvalue weighted by Crippen LogP contribution is -2.15. The fourth-order valence-corrected chi connectivity index (χ4v) is 1.78. The van der Waals surface area contributed by atoms with Crippen LogP contribution in [0, 0.1) is 18.6 Å². The number of rotatable bonds is 2. The van der Waals surface area contributed by atoms with E-state index in [1.807, 2.05) is 0 Å². The number of halogens is 3. The summed E-state index contributed by atoms with van der Waals surface area (Å²) in [4.78, 5) is 15.8. The minimum absolute atomic E-state index is 0.0509. The molecule has 0 radical (unpaired) electrons. The molecule has 6 heteroatoms. The monoisotopic (exact) mass is 282 g/mol. The topological polar surface area (TPSA) is 42.0 Å². The largest absolute Gasteiger partial charge is 0.317 e. The van der Waals surface area contributed by atoms with Gasteiger partial charge in [-0.2, -0.15) is 0 Å². The molecular weight excluding hydrogens is 274 g/mol. The molecule has 1 amide bonds. The second kappa shape index (κ2) is 5.32. The second-order valence-corrected chi connectivity index (χ2v) is 4.26. The van der Waals surface area contributed by atoms with Gasteiger partial charge in [0.2, 0.25) is 0 Å². The van der Waals surface area contributed by atoms with E-state index >= 15 is 0 Å². The van der Waals surface area contributed by atoms with Gasteiger partial charge in [0, 0.05) is 11.9 Å². The number of nitrogens with one attached hydrogen (secondary N) is 1. The van der Waals surface area contributed by atoms with Gasteiger partial charge >= 0.3 is 0 Å². The molecule has 0 aliphatic rings. The average molecular weight is 283 g/mol. The Morgan fingerprint density at radius 1 is 1.32 bits per heavy atom. The molecule has 0 saturated heterocycles. The lowest BCUT2D eigenvalue weighted by Gasteiger charge is -2.08. The van der Waals surface area contributed by atoms with Gasteiger partial charge in [-0.3, -0.25) is 9.78 Å². The number of aromatic nitrogens is 1. The van der Waals surface area contributed by atoms with Gasteiger partial charge in [-0.1, -0.05) is 17.7 Å². The molecule has 1 aromatic heterocycles. The predicted molar refractivity (Wildman–Crippen MR) is 68.3 cm³/mol. The first-order chi connectivity index (χ1) is 8.99. The molecule has 1 aromatic carbocycles. The molecule has 1 heterocycles. The van der Waals surface area contributed by atoms with Crippen LogP contribution >= 0.6 is 11.6 Å². The number of benzene rings is 1. The normalized spacial score (nSPS) is 10.3. The van der Waals surface area contributed by atoms with E-state index < -0.39 is 23.2 Å². The minimum atomic E-state index is -0.857. The van der Waals surface area contributed by atoms with Crippen molar-refractivity contribution in [2.24, 2.45) is 0 Å². The number of amides is 1. The molecule has 3 nitrogen and oxygen atoms in total. The highest BCUT2D eigenvalue weighted by Gasteiger charge is 2.16. The van der Waals surface area contributed by atoms with E-state index in [1.165, 1.54) is 18.3 Å². The first-order valence-corrected chi connectivity index (χ1v) is 5.74. The van der Waals surface area contributed by atoms with E-state index in [9.17, 15) is 13.6 Å². The molecule has 0 aliphatic heterocycles. The van der Waals surface area contributed by atoms with Crippen LogP contribution in [0.4, 0.5) is 14.5 Å². The Labute approximate surface area is 113 Å². The van der Waals surface area contributed by atoms with Crippen LogP contribution in [0.25, 0.3) is 0 Å². The number of para-hydroxylation sites is 1. The first-order valence-electron chi connectivity index (χ1n) is 5.36. The van der Waals surface area contributed by atoms with E-state index in [-0.39, 0.29) is 10.6 Å². The minimum Gasteiger partial charge on any atom is -0.317 e. The first kappa shape index (κ1) is 13.4. The molecule has 0 unspecified atom stereocenters. The van der Waals surface area contributed by atoms with E-state index in [4.69, 9.17) is 11.6 Å². The number of hydrogen-bond acceptors (Lipinski definition) is 2. The van der Waals surface area contributed by atoms with Gasteiger partial charge in [0.05, 0.1) is 10.6 Å². The molecule has 0 fully saturated rings. The summed E-state index contributed by atoms with van der Waals surface area (Å²) in [6, 6.07) is 4.80. The van der Waals surface area contributed by atoms with Crippen LogP contribution in [-0.4, -0.2) is 10.9 Å². The van der Waals surface area contributed by atoms with Gasteiger partial charge in [0.25, 0.3) is 5.91 Å². The fraction of sp³-hybridized carbons (Fsp3) is 0.0769. The number of anilines is 1. The van der Waals surface area contributed by atoms with Crippen molar-refractivity contribution < 1.29 is 13.6 Å². The zero-order chi connectivity index (χ0) is 14.0. The molecule has 0 bridgehead atoms. The third kappa shape index (κ3) is 2.88. The Bertz CT molecular complexity index is 626. The third-order valence-corrected chi connectivity index (χ3v) is 2.75. The summed E-state index contributed by atoms with van der Waals surface area (Å²) in [5.41, 5.74) is 0.178. The summed E-state index contributed by atoms with van der Waals surface area (Å²) in [6.45, 7) is 1.71. The molecule has 0 spiro atoms. The summed E-state index contributed by atoms with van der Waals surface area (Å²) < 4.78 is 26.8. The lowest BCUT2D eigenvalue weighted by molar-refractivity contribution is 0.102. The summed E-state index contributed by atoms with van der Waals surface area (Å²) in [6.07, 6.45) is 1.26. The van der Waals surface area contributed by atoms with Crippen molar-refractivity contribution in [3.8, 4) is 0 Å². The van der Waals surface area contributed by atoms with Crippen molar-refractivity contribution in [2.75, 3.05) is 5.32 Å². The zero-order valence-electron chi connectivity index (χ0n) is 9.88. The predicted octanol–water partition coefficient (Wildman–Crippen LogP) is 3.57. The maximum Gasteiger partial charge on any atom is 0.258 e. The van der Waals surface area contributed by atoms with Gasteiger partial charge in [0.1, 0.15) is 17.3 Å². The van der Waals surface area contributed by atoms with Crippen molar-refractivity contribution >= 4 is 23.2 Å².